The molecule has 0 N–H and O–H groups in total. The number of rotatable bonds is 5. The van der Waals surface area contributed by atoms with E-state index in [1.807, 2.05) is 19.1 Å². The number of carbonyl (C=O) groups is 1. The van der Waals surface area contributed by atoms with Crippen molar-refractivity contribution in [2.24, 2.45) is 0 Å². The zero-order valence-electron chi connectivity index (χ0n) is 11.4. The normalized spacial score (nSPS) is 10.2. The number of ether oxygens (including phenoxy) is 2. The molecular weight excluding hydrogens is 276 g/mol. The van der Waals surface area contributed by atoms with Crippen molar-refractivity contribution in [2.75, 3.05) is 7.11 Å². The van der Waals surface area contributed by atoms with Crippen molar-refractivity contribution in [1.29, 1.82) is 0 Å². The number of hydrogen-bond donors (Lipinski definition) is 0. The van der Waals surface area contributed by atoms with Crippen LogP contribution in [-0.4, -0.2) is 13.4 Å². The molecule has 0 aliphatic rings. The van der Waals surface area contributed by atoms with E-state index in [9.17, 15) is 4.79 Å². The van der Waals surface area contributed by atoms with Crippen LogP contribution in [0.5, 0.6) is 11.5 Å². The number of halogens is 1. The molecule has 4 heteroatoms. The monoisotopic (exact) mass is 290 g/mol. The summed E-state index contributed by atoms with van der Waals surface area (Å²) in [5.74, 6) is 1.30. The van der Waals surface area contributed by atoms with E-state index in [0.717, 1.165) is 17.4 Å². The Labute approximate surface area is 123 Å². The van der Waals surface area contributed by atoms with E-state index in [-0.39, 0.29) is 6.61 Å². The largest absolute Gasteiger partial charge is 0.496 e. The second-order valence-corrected chi connectivity index (χ2v) is 4.82. The van der Waals surface area contributed by atoms with E-state index in [2.05, 4.69) is 0 Å². The predicted octanol–water partition coefficient (Wildman–Crippen LogP) is 4.05. The van der Waals surface area contributed by atoms with Crippen LogP contribution in [0.25, 0.3) is 0 Å². The lowest BCUT2D eigenvalue weighted by Gasteiger charge is -2.12. The molecule has 0 aliphatic heterocycles. The number of methoxy groups -OCH3 is 1. The SMILES string of the molecule is COc1ccc(C=O)cc1COc1cc(C)ccc1Cl. The maximum absolute atomic E-state index is 10.8. The summed E-state index contributed by atoms with van der Waals surface area (Å²) >= 11 is 6.08. The quantitative estimate of drug-likeness (QED) is 0.779. The van der Waals surface area contributed by atoms with Crippen molar-refractivity contribution in [1.82, 2.24) is 0 Å². The lowest BCUT2D eigenvalue weighted by Crippen LogP contribution is -2.00. The third-order valence-corrected chi connectivity index (χ3v) is 3.22. The van der Waals surface area contributed by atoms with Crippen molar-refractivity contribution >= 4 is 17.9 Å². The number of benzene rings is 2. The molecule has 0 unspecified atom stereocenters. The van der Waals surface area contributed by atoms with Crippen LogP contribution < -0.4 is 9.47 Å². The van der Waals surface area contributed by atoms with Crippen LogP contribution >= 0.6 is 11.6 Å². The molecule has 0 fully saturated rings. The molecule has 0 aliphatic carbocycles. The molecule has 0 radical (unpaired) electrons. The Morgan fingerprint density at radius 1 is 1.15 bits per heavy atom. The summed E-state index contributed by atoms with van der Waals surface area (Å²) in [5.41, 5.74) is 2.45. The van der Waals surface area contributed by atoms with Gasteiger partial charge in [-0.1, -0.05) is 17.7 Å². The summed E-state index contributed by atoms with van der Waals surface area (Å²) in [4.78, 5) is 10.8. The molecule has 2 rings (SSSR count). The van der Waals surface area contributed by atoms with Gasteiger partial charge in [-0.05, 0) is 42.8 Å². The van der Waals surface area contributed by atoms with Crippen LogP contribution in [0.4, 0.5) is 0 Å². The highest BCUT2D eigenvalue weighted by atomic mass is 35.5. The molecule has 0 spiro atoms. The molecular formula is C16H15ClO3. The molecule has 0 bridgehead atoms. The molecule has 0 atom stereocenters. The average molecular weight is 291 g/mol. The number of hydrogen-bond acceptors (Lipinski definition) is 3. The van der Waals surface area contributed by atoms with Crippen LogP contribution in [0.2, 0.25) is 5.02 Å². The third-order valence-electron chi connectivity index (χ3n) is 2.91. The minimum atomic E-state index is 0.286. The van der Waals surface area contributed by atoms with E-state index in [1.165, 1.54) is 0 Å². The van der Waals surface area contributed by atoms with Gasteiger partial charge in [0.25, 0.3) is 0 Å². The number of aldehydes is 1. The highest BCUT2D eigenvalue weighted by Gasteiger charge is 2.07. The first kappa shape index (κ1) is 14.4. The van der Waals surface area contributed by atoms with Gasteiger partial charge >= 0.3 is 0 Å². The smallest absolute Gasteiger partial charge is 0.150 e. The Hall–Kier alpha value is -2.00. The van der Waals surface area contributed by atoms with E-state index in [4.69, 9.17) is 21.1 Å². The zero-order valence-corrected chi connectivity index (χ0v) is 12.1. The lowest BCUT2D eigenvalue weighted by atomic mass is 10.1. The van der Waals surface area contributed by atoms with Crippen LogP contribution in [0.3, 0.4) is 0 Å². The first-order chi connectivity index (χ1) is 9.63. The zero-order chi connectivity index (χ0) is 14.5. The van der Waals surface area contributed by atoms with E-state index in [1.54, 1.807) is 31.4 Å². The van der Waals surface area contributed by atoms with Gasteiger partial charge in [0.05, 0.1) is 12.1 Å². The number of carbonyl (C=O) groups excluding carboxylic acids is 1. The van der Waals surface area contributed by atoms with Crippen molar-refractivity contribution in [2.45, 2.75) is 13.5 Å². The highest BCUT2D eigenvalue weighted by Crippen LogP contribution is 2.27. The minimum absolute atomic E-state index is 0.286. The second-order valence-electron chi connectivity index (χ2n) is 4.41. The molecule has 3 nitrogen and oxygen atoms in total. The van der Waals surface area contributed by atoms with Gasteiger partial charge in [-0.3, -0.25) is 4.79 Å². The Balaban J connectivity index is 2.21. The van der Waals surface area contributed by atoms with E-state index in [0.29, 0.717) is 22.1 Å². The summed E-state index contributed by atoms with van der Waals surface area (Å²) in [7, 11) is 1.58. The highest BCUT2D eigenvalue weighted by molar-refractivity contribution is 6.32. The predicted molar refractivity (Wildman–Crippen MR) is 78.9 cm³/mol. The molecule has 0 aromatic heterocycles. The van der Waals surface area contributed by atoms with Gasteiger partial charge in [0.1, 0.15) is 24.4 Å². The summed E-state index contributed by atoms with van der Waals surface area (Å²) in [6, 6.07) is 10.8. The maximum atomic E-state index is 10.8. The molecule has 104 valence electrons. The average Bonchev–Trinajstić information content (AvgIpc) is 2.47. The van der Waals surface area contributed by atoms with Crippen LogP contribution in [0, 0.1) is 6.92 Å². The Morgan fingerprint density at radius 2 is 1.95 bits per heavy atom. The fourth-order valence-corrected chi connectivity index (χ4v) is 2.03. The van der Waals surface area contributed by atoms with Gasteiger partial charge in [-0.2, -0.15) is 0 Å². The maximum Gasteiger partial charge on any atom is 0.150 e. The number of aryl methyl sites for hydroxylation is 1. The van der Waals surface area contributed by atoms with Gasteiger partial charge in [-0.15, -0.1) is 0 Å². The summed E-state index contributed by atoms with van der Waals surface area (Å²) < 4.78 is 11.0. The van der Waals surface area contributed by atoms with Crippen molar-refractivity contribution < 1.29 is 14.3 Å². The Morgan fingerprint density at radius 3 is 2.65 bits per heavy atom. The summed E-state index contributed by atoms with van der Waals surface area (Å²) in [6.45, 7) is 2.25. The van der Waals surface area contributed by atoms with Gasteiger partial charge in [-0.25, -0.2) is 0 Å². The fourth-order valence-electron chi connectivity index (χ4n) is 1.86. The summed E-state index contributed by atoms with van der Waals surface area (Å²) in [6.07, 6.45) is 0.794. The van der Waals surface area contributed by atoms with Crippen molar-refractivity contribution in [3.63, 3.8) is 0 Å². The Kier molecular flexibility index (Phi) is 4.64. The topological polar surface area (TPSA) is 35.5 Å². The first-order valence-electron chi connectivity index (χ1n) is 6.15. The third kappa shape index (κ3) is 3.31. The first-order valence-corrected chi connectivity index (χ1v) is 6.53. The van der Waals surface area contributed by atoms with Crippen molar-refractivity contribution in [3.8, 4) is 11.5 Å². The molecule has 0 heterocycles. The van der Waals surface area contributed by atoms with Crippen molar-refractivity contribution in [3.05, 3.63) is 58.1 Å². The van der Waals surface area contributed by atoms with Gasteiger partial charge < -0.3 is 9.47 Å². The second kappa shape index (κ2) is 6.44. The molecule has 0 saturated heterocycles. The lowest BCUT2D eigenvalue weighted by molar-refractivity contribution is 0.112. The minimum Gasteiger partial charge on any atom is -0.496 e. The van der Waals surface area contributed by atoms with Gasteiger partial charge in [0, 0.05) is 11.1 Å². The summed E-state index contributed by atoms with van der Waals surface area (Å²) in [5, 5.41) is 0.557. The van der Waals surface area contributed by atoms with Crippen LogP contribution in [0.1, 0.15) is 21.5 Å². The Bertz CT molecular complexity index is 623. The van der Waals surface area contributed by atoms with E-state index < -0.39 is 0 Å². The van der Waals surface area contributed by atoms with Gasteiger partial charge in [0.15, 0.2) is 0 Å². The van der Waals surface area contributed by atoms with E-state index >= 15 is 0 Å². The molecule has 0 amide bonds. The standard InChI is InChI=1S/C16H15ClO3/c1-11-3-5-14(17)16(7-11)20-10-13-8-12(9-18)4-6-15(13)19-2/h3-9H,10H2,1-2H3. The van der Waals surface area contributed by atoms with Crippen LogP contribution in [-0.2, 0) is 6.61 Å². The van der Waals surface area contributed by atoms with Gasteiger partial charge in [0.2, 0.25) is 0 Å². The molecule has 20 heavy (non-hydrogen) atoms. The molecule has 0 saturated carbocycles. The molecule has 2 aromatic carbocycles. The van der Waals surface area contributed by atoms with Crippen LogP contribution in [0.15, 0.2) is 36.4 Å². The fraction of sp³-hybridized carbons (Fsp3) is 0.188. The molecule has 2 aromatic rings.